The highest BCUT2D eigenvalue weighted by Crippen LogP contribution is 2.21. The van der Waals surface area contributed by atoms with Crippen molar-refractivity contribution in [1.29, 1.82) is 0 Å². The van der Waals surface area contributed by atoms with Crippen molar-refractivity contribution in [2.45, 2.75) is 39.2 Å². The van der Waals surface area contributed by atoms with Crippen molar-refractivity contribution in [1.82, 2.24) is 19.8 Å². The zero-order valence-corrected chi connectivity index (χ0v) is 21.0. The zero-order chi connectivity index (χ0) is 24.6. The van der Waals surface area contributed by atoms with E-state index in [0.717, 1.165) is 56.9 Å². The van der Waals surface area contributed by atoms with Crippen LogP contribution in [-0.2, 0) is 11.3 Å². The molecule has 2 aliphatic heterocycles. The number of hydrogen-bond acceptors (Lipinski definition) is 7. The Bertz CT molecular complexity index is 1010. The number of hydrogen-bond donors (Lipinski definition) is 1. The van der Waals surface area contributed by atoms with Crippen LogP contribution in [0.25, 0.3) is 0 Å². The van der Waals surface area contributed by atoms with Gasteiger partial charge in [0, 0.05) is 77.1 Å². The number of ether oxygens (including phenoxy) is 1. The number of benzene rings is 1. The average molecular weight is 483 g/mol. The lowest BCUT2D eigenvalue weighted by atomic mass is 10.2. The molecule has 1 amide bonds. The number of nitrogens with one attached hydrogen (secondary N) is 1. The largest absolute Gasteiger partial charge is 0.497 e. The summed E-state index contributed by atoms with van der Waals surface area (Å²) in [6.45, 7) is 9.20. The quantitative estimate of drug-likeness (QED) is 0.549. The number of rotatable bonds is 9. The van der Waals surface area contributed by atoms with Gasteiger partial charge in [-0.3, -0.25) is 19.5 Å². The Morgan fingerprint density at radius 1 is 0.971 bits per heavy atom. The minimum Gasteiger partial charge on any atom is -0.497 e. The number of carbonyl (C=O) groups excluding carboxylic acids is 1. The molecule has 1 aromatic carbocycles. The molecule has 2 aromatic rings. The maximum Gasteiger partial charge on any atom is 0.252 e. The highest BCUT2D eigenvalue weighted by molar-refractivity contribution is 5.76. The first-order valence-corrected chi connectivity index (χ1v) is 12.8. The van der Waals surface area contributed by atoms with Crippen molar-refractivity contribution in [3.63, 3.8) is 0 Å². The molecule has 0 radical (unpaired) electrons. The predicted molar refractivity (Wildman–Crippen MR) is 138 cm³/mol. The molecule has 0 bridgehead atoms. The van der Waals surface area contributed by atoms with Crippen LogP contribution in [0.2, 0.25) is 0 Å². The monoisotopic (exact) mass is 482 g/mol. The Kier molecular flexibility index (Phi) is 8.63. The van der Waals surface area contributed by atoms with Crippen LogP contribution in [0.3, 0.4) is 0 Å². The Morgan fingerprint density at radius 3 is 2.31 bits per heavy atom. The molecule has 2 fully saturated rings. The number of unbranched alkanes of at least 4 members (excludes halogenated alkanes) is 2. The number of carbonyl (C=O) groups is 1. The third-order valence-electron chi connectivity index (χ3n) is 6.90. The first-order valence-electron chi connectivity index (χ1n) is 12.8. The fourth-order valence-electron chi connectivity index (χ4n) is 4.76. The minimum atomic E-state index is -0.125. The van der Waals surface area contributed by atoms with E-state index >= 15 is 0 Å². The molecular formula is C26H38N6O3. The van der Waals surface area contributed by atoms with Gasteiger partial charge in [-0.15, -0.1) is 0 Å². The van der Waals surface area contributed by atoms with E-state index < -0.39 is 0 Å². The third kappa shape index (κ3) is 6.75. The SMILES string of the molecule is CCCCCC(=O)N1CCN(c2nc(CN3CCN(c4ccc(OC)cc4)CC3)cc(=O)[nH]2)CC1. The second-order valence-corrected chi connectivity index (χ2v) is 9.35. The summed E-state index contributed by atoms with van der Waals surface area (Å²) in [6, 6.07) is 9.78. The number of methoxy groups -OCH3 is 1. The number of amides is 1. The summed E-state index contributed by atoms with van der Waals surface area (Å²) >= 11 is 0. The molecule has 35 heavy (non-hydrogen) atoms. The van der Waals surface area contributed by atoms with Crippen molar-refractivity contribution in [2.24, 2.45) is 0 Å². The molecule has 2 aliphatic rings. The van der Waals surface area contributed by atoms with Crippen LogP contribution in [-0.4, -0.2) is 85.1 Å². The average Bonchev–Trinajstić information content (AvgIpc) is 2.89. The summed E-state index contributed by atoms with van der Waals surface area (Å²) in [5, 5.41) is 0. The second-order valence-electron chi connectivity index (χ2n) is 9.35. The van der Waals surface area contributed by atoms with Crippen LogP contribution in [0.1, 0.15) is 38.3 Å². The molecule has 9 nitrogen and oxygen atoms in total. The van der Waals surface area contributed by atoms with Gasteiger partial charge in [-0.05, 0) is 30.7 Å². The van der Waals surface area contributed by atoms with E-state index in [-0.39, 0.29) is 11.5 Å². The van der Waals surface area contributed by atoms with Crippen molar-refractivity contribution < 1.29 is 9.53 Å². The summed E-state index contributed by atoms with van der Waals surface area (Å²) in [4.78, 5) is 41.2. The van der Waals surface area contributed by atoms with E-state index in [2.05, 4.69) is 38.7 Å². The van der Waals surface area contributed by atoms with Crippen LogP contribution in [0.4, 0.5) is 11.6 Å². The molecule has 1 N–H and O–H groups in total. The van der Waals surface area contributed by atoms with E-state index in [1.807, 2.05) is 17.0 Å². The molecule has 9 heteroatoms. The van der Waals surface area contributed by atoms with Crippen LogP contribution in [0.15, 0.2) is 35.1 Å². The lowest BCUT2D eigenvalue weighted by Crippen LogP contribution is -2.49. The van der Waals surface area contributed by atoms with Gasteiger partial charge in [-0.1, -0.05) is 19.8 Å². The second kappa shape index (κ2) is 12.1. The molecule has 0 unspecified atom stereocenters. The molecule has 190 valence electrons. The molecule has 1 aromatic heterocycles. The zero-order valence-electron chi connectivity index (χ0n) is 21.0. The molecule has 4 rings (SSSR count). The number of anilines is 2. The van der Waals surface area contributed by atoms with Crippen molar-refractivity contribution >= 4 is 17.5 Å². The van der Waals surface area contributed by atoms with Gasteiger partial charge in [-0.25, -0.2) is 4.98 Å². The van der Waals surface area contributed by atoms with Gasteiger partial charge in [0.2, 0.25) is 11.9 Å². The van der Waals surface area contributed by atoms with Gasteiger partial charge in [0.05, 0.1) is 12.8 Å². The van der Waals surface area contributed by atoms with Gasteiger partial charge in [0.25, 0.3) is 5.56 Å². The molecule has 2 saturated heterocycles. The van der Waals surface area contributed by atoms with E-state index in [4.69, 9.17) is 9.72 Å². The number of aromatic amines is 1. The number of H-pyrrole nitrogens is 1. The maximum atomic E-state index is 12.4. The van der Waals surface area contributed by atoms with E-state index in [1.165, 1.54) is 5.69 Å². The van der Waals surface area contributed by atoms with E-state index in [1.54, 1.807) is 13.2 Å². The Morgan fingerprint density at radius 2 is 1.66 bits per heavy atom. The maximum absolute atomic E-state index is 12.4. The predicted octanol–water partition coefficient (Wildman–Crippen LogP) is 2.33. The number of aromatic nitrogens is 2. The summed E-state index contributed by atoms with van der Waals surface area (Å²) in [5.41, 5.74) is 1.87. The normalized spacial score (nSPS) is 17.0. The molecular weight excluding hydrogens is 444 g/mol. The topological polar surface area (TPSA) is 85.0 Å². The van der Waals surface area contributed by atoms with Crippen LogP contribution >= 0.6 is 0 Å². The summed E-state index contributed by atoms with van der Waals surface area (Å²) < 4.78 is 5.25. The standard InChI is InChI=1S/C26H38N6O3/c1-3-4-5-6-25(34)31-15-17-32(18-16-31)26-27-21(19-24(33)28-26)20-29-11-13-30(14-12-29)22-7-9-23(35-2)10-8-22/h7-10,19H,3-6,11-18,20H2,1-2H3,(H,27,28,33). The van der Waals surface area contributed by atoms with Gasteiger partial charge in [-0.2, -0.15) is 0 Å². The van der Waals surface area contributed by atoms with Gasteiger partial charge >= 0.3 is 0 Å². The minimum absolute atomic E-state index is 0.125. The Hall–Kier alpha value is -3.07. The molecule has 0 aliphatic carbocycles. The van der Waals surface area contributed by atoms with Gasteiger partial charge in [0.1, 0.15) is 5.75 Å². The first kappa shape index (κ1) is 25.0. The molecule has 0 atom stereocenters. The van der Waals surface area contributed by atoms with Crippen LogP contribution in [0.5, 0.6) is 5.75 Å². The van der Waals surface area contributed by atoms with Crippen molar-refractivity contribution in [2.75, 3.05) is 69.3 Å². The van der Waals surface area contributed by atoms with E-state index in [9.17, 15) is 9.59 Å². The van der Waals surface area contributed by atoms with Gasteiger partial charge in [0.15, 0.2) is 0 Å². The summed E-state index contributed by atoms with van der Waals surface area (Å²) in [6.07, 6.45) is 3.81. The van der Waals surface area contributed by atoms with Crippen molar-refractivity contribution in [3.8, 4) is 5.75 Å². The lowest BCUT2D eigenvalue weighted by molar-refractivity contribution is -0.131. The fraction of sp³-hybridized carbons (Fsp3) is 0.577. The van der Waals surface area contributed by atoms with E-state index in [0.29, 0.717) is 45.1 Å². The Labute approximate surface area is 207 Å². The molecule has 0 spiro atoms. The van der Waals surface area contributed by atoms with Crippen LogP contribution < -0.4 is 20.1 Å². The van der Waals surface area contributed by atoms with Crippen molar-refractivity contribution in [3.05, 3.63) is 46.4 Å². The highest BCUT2D eigenvalue weighted by Gasteiger charge is 2.23. The van der Waals surface area contributed by atoms with Crippen LogP contribution in [0, 0.1) is 0 Å². The Balaban J connectivity index is 1.29. The molecule has 3 heterocycles. The molecule has 0 saturated carbocycles. The smallest absolute Gasteiger partial charge is 0.252 e. The highest BCUT2D eigenvalue weighted by atomic mass is 16.5. The summed E-state index contributed by atoms with van der Waals surface area (Å²) in [7, 11) is 1.68. The first-order chi connectivity index (χ1) is 17.1. The third-order valence-corrected chi connectivity index (χ3v) is 6.90. The summed E-state index contributed by atoms with van der Waals surface area (Å²) in [5.74, 6) is 1.72. The number of piperazine rings is 2. The fourth-order valence-corrected chi connectivity index (χ4v) is 4.76. The van der Waals surface area contributed by atoms with Gasteiger partial charge < -0.3 is 19.4 Å². The lowest BCUT2D eigenvalue weighted by Gasteiger charge is -2.36. The number of nitrogens with zero attached hydrogens (tertiary/aromatic N) is 5.